The molecule has 0 heterocycles. The molecule has 0 aromatic heterocycles. The first-order chi connectivity index (χ1) is 8.40. The van der Waals surface area contributed by atoms with Crippen LogP contribution in [0.3, 0.4) is 0 Å². The number of carbonyl (C=O) groups excluding carboxylic acids is 1. The highest BCUT2D eigenvalue weighted by Gasteiger charge is 2.18. The van der Waals surface area contributed by atoms with Crippen molar-refractivity contribution in [3.05, 3.63) is 34.9 Å². The second-order valence-electron chi connectivity index (χ2n) is 5.01. The lowest BCUT2D eigenvalue weighted by Crippen LogP contribution is -2.47. The number of benzene rings is 1. The Bertz CT molecular complexity index is 407. The van der Waals surface area contributed by atoms with Gasteiger partial charge < -0.3 is 11.1 Å². The summed E-state index contributed by atoms with van der Waals surface area (Å²) in [6, 6.07) is 7.24. The number of rotatable bonds is 5. The van der Waals surface area contributed by atoms with Gasteiger partial charge in [-0.3, -0.25) is 4.79 Å². The van der Waals surface area contributed by atoms with E-state index in [0.717, 1.165) is 12.0 Å². The molecule has 4 heteroatoms. The molecule has 3 nitrogen and oxygen atoms in total. The summed E-state index contributed by atoms with van der Waals surface area (Å²) in [4.78, 5) is 11.8. The lowest BCUT2D eigenvalue weighted by atomic mass is 10.0. The van der Waals surface area contributed by atoms with Crippen molar-refractivity contribution < 1.29 is 4.79 Å². The molecule has 18 heavy (non-hydrogen) atoms. The zero-order valence-electron chi connectivity index (χ0n) is 11.1. The van der Waals surface area contributed by atoms with Crippen LogP contribution in [-0.4, -0.2) is 18.0 Å². The molecule has 0 bridgehead atoms. The summed E-state index contributed by atoms with van der Waals surface area (Å²) in [5.41, 5.74) is 6.90. The Labute approximate surface area is 114 Å². The molecule has 1 rings (SSSR count). The average molecular weight is 269 g/mol. The fraction of sp³-hybridized carbons (Fsp3) is 0.500. The number of halogens is 1. The number of amides is 1. The first kappa shape index (κ1) is 15.0. The molecule has 0 saturated carbocycles. The van der Waals surface area contributed by atoms with Crippen LogP contribution in [0.5, 0.6) is 0 Å². The van der Waals surface area contributed by atoms with Gasteiger partial charge in [-0.2, -0.15) is 0 Å². The van der Waals surface area contributed by atoms with E-state index in [1.54, 1.807) is 0 Å². The van der Waals surface area contributed by atoms with Crippen LogP contribution < -0.4 is 11.1 Å². The van der Waals surface area contributed by atoms with Crippen molar-refractivity contribution in [2.45, 2.75) is 39.3 Å². The molecule has 1 aromatic rings. The fourth-order valence-electron chi connectivity index (χ4n) is 1.71. The molecule has 1 amide bonds. The molecule has 3 N–H and O–H groups in total. The number of hydrogen-bond acceptors (Lipinski definition) is 2. The second-order valence-corrected chi connectivity index (χ2v) is 5.45. The van der Waals surface area contributed by atoms with E-state index < -0.39 is 6.04 Å². The molecule has 2 atom stereocenters. The Morgan fingerprint density at radius 2 is 2.06 bits per heavy atom. The molecule has 0 aliphatic carbocycles. The largest absolute Gasteiger partial charge is 0.352 e. The van der Waals surface area contributed by atoms with Gasteiger partial charge in [-0.1, -0.05) is 37.6 Å². The van der Waals surface area contributed by atoms with Crippen LogP contribution >= 0.6 is 11.6 Å². The van der Waals surface area contributed by atoms with E-state index >= 15 is 0 Å². The maximum Gasteiger partial charge on any atom is 0.237 e. The molecule has 0 spiro atoms. The lowest BCUT2D eigenvalue weighted by Gasteiger charge is -2.19. The van der Waals surface area contributed by atoms with Crippen LogP contribution in [0.1, 0.15) is 26.3 Å². The molecule has 1 unspecified atom stereocenters. The van der Waals surface area contributed by atoms with Crippen LogP contribution in [0.2, 0.25) is 5.02 Å². The normalized spacial score (nSPS) is 14.3. The molecular weight excluding hydrogens is 248 g/mol. The monoisotopic (exact) mass is 268 g/mol. The van der Waals surface area contributed by atoms with Crippen LogP contribution in [0.25, 0.3) is 0 Å². The highest BCUT2D eigenvalue weighted by atomic mass is 35.5. The van der Waals surface area contributed by atoms with E-state index in [-0.39, 0.29) is 17.9 Å². The maximum atomic E-state index is 11.8. The van der Waals surface area contributed by atoms with Gasteiger partial charge in [-0.15, -0.1) is 0 Å². The van der Waals surface area contributed by atoms with E-state index in [1.165, 1.54) is 0 Å². The predicted octanol–water partition coefficient (Wildman–Crippen LogP) is 2.37. The third-order valence-electron chi connectivity index (χ3n) is 2.84. The Morgan fingerprint density at radius 1 is 1.39 bits per heavy atom. The lowest BCUT2D eigenvalue weighted by molar-refractivity contribution is -0.123. The van der Waals surface area contributed by atoms with Gasteiger partial charge >= 0.3 is 0 Å². The van der Waals surface area contributed by atoms with Gasteiger partial charge in [0, 0.05) is 11.1 Å². The summed E-state index contributed by atoms with van der Waals surface area (Å²) in [6.45, 7) is 5.84. The maximum absolute atomic E-state index is 11.8. The van der Waals surface area contributed by atoms with Gasteiger partial charge in [0.2, 0.25) is 5.91 Å². The van der Waals surface area contributed by atoms with Crippen molar-refractivity contribution in [2.24, 2.45) is 11.7 Å². The quantitative estimate of drug-likeness (QED) is 0.861. The second kappa shape index (κ2) is 6.76. The van der Waals surface area contributed by atoms with Crippen LogP contribution in [0.15, 0.2) is 24.3 Å². The van der Waals surface area contributed by atoms with E-state index in [2.05, 4.69) is 5.32 Å². The number of hydrogen-bond donors (Lipinski definition) is 2. The summed E-state index contributed by atoms with van der Waals surface area (Å²) in [7, 11) is 0. The minimum atomic E-state index is -0.452. The smallest absolute Gasteiger partial charge is 0.237 e. The van der Waals surface area contributed by atoms with Crippen LogP contribution in [0, 0.1) is 5.92 Å². The van der Waals surface area contributed by atoms with Gasteiger partial charge in [0.1, 0.15) is 0 Å². The van der Waals surface area contributed by atoms with Crippen molar-refractivity contribution in [3.8, 4) is 0 Å². The van der Waals surface area contributed by atoms with Crippen molar-refractivity contribution >= 4 is 17.5 Å². The standard InChI is InChI=1S/C14H21ClN2O/c1-9(2)13(16)14(18)17-10(3)7-11-5-4-6-12(15)8-11/h4-6,8-10,13H,7,16H2,1-3H3,(H,17,18)/t10?,13-/m1/s1. The van der Waals surface area contributed by atoms with Crippen molar-refractivity contribution in [2.75, 3.05) is 0 Å². The number of carbonyl (C=O) groups is 1. The molecule has 0 fully saturated rings. The van der Waals surface area contributed by atoms with Crippen molar-refractivity contribution in [1.29, 1.82) is 0 Å². The highest BCUT2D eigenvalue weighted by Crippen LogP contribution is 2.12. The van der Waals surface area contributed by atoms with Crippen molar-refractivity contribution in [3.63, 3.8) is 0 Å². The van der Waals surface area contributed by atoms with E-state index in [9.17, 15) is 4.79 Å². The van der Waals surface area contributed by atoms with Gasteiger partial charge in [0.15, 0.2) is 0 Å². The summed E-state index contributed by atoms with van der Waals surface area (Å²) in [5.74, 6) is 0.0443. The van der Waals surface area contributed by atoms with Crippen molar-refractivity contribution in [1.82, 2.24) is 5.32 Å². The summed E-state index contributed by atoms with van der Waals surface area (Å²) >= 11 is 5.92. The summed E-state index contributed by atoms with van der Waals surface area (Å²) in [6.07, 6.45) is 0.747. The zero-order chi connectivity index (χ0) is 13.7. The Kier molecular flexibility index (Phi) is 5.63. The van der Waals surface area contributed by atoms with Crippen LogP contribution in [0.4, 0.5) is 0 Å². The number of nitrogens with one attached hydrogen (secondary N) is 1. The SMILES string of the molecule is CC(Cc1cccc(Cl)c1)NC(=O)[C@H](N)C(C)C. The minimum Gasteiger partial charge on any atom is -0.352 e. The molecule has 0 radical (unpaired) electrons. The molecule has 100 valence electrons. The molecule has 1 aromatic carbocycles. The molecule has 0 aliphatic heterocycles. The Balaban J connectivity index is 2.51. The van der Waals surface area contributed by atoms with E-state index in [4.69, 9.17) is 17.3 Å². The Morgan fingerprint density at radius 3 is 2.61 bits per heavy atom. The third kappa shape index (κ3) is 4.67. The van der Waals surface area contributed by atoms with Gasteiger partial charge in [-0.05, 0) is 37.0 Å². The summed E-state index contributed by atoms with van der Waals surface area (Å²) in [5, 5.41) is 3.63. The zero-order valence-corrected chi connectivity index (χ0v) is 11.9. The molecule has 0 aliphatic rings. The van der Waals surface area contributed by atoms with Gasteiger partial charge in [0.05, 0.1) is 6.04 Å². The third-order valence-corrected chi connectivity index (χ3v) is 3.08. The van der Waals surface area contributed by atoms with Crippen LogP contribution in [-0.2, 0) is 11.2 Å². The summed E-state index contributed by atoms with van der Waals surface area (Å²) < 4.78 is 0. The molecule has 0 saturated heterocycles. The Hall–Kier alpha value is -1.06. The van der Waals surface area contributed by atoms with Gasteiger partial charge in [0.25, 0.3) is 0 Å². The fourth-order valence-corrected chi connectivity index (χ4v) is 1.92. The predicted molar refractivity (Wildman–Crippen MR) is 75.6 cm³/mol. The first-order valence-electron chi connectivity index (χ1n) is 6.20. The number of nitrogens with two attached hydrogens (primary N) is 1. The molecular formula is C14H21ClN2O. The van der Waals surface area contributed by atoms with Gasteiger partial charge in [-0.25, -0.2) is 0 Å². The van der Waals surface area contributed by atoms with E-state index in [0.29, 0.717) is 5.02 Å². The first-order valence-corrected chi connectivity index (χ1v) is 6.58. The minimum absolute atomic E-state index is 0.0424. The topological polar surface area (TPSA) is 55.1 Å². The highest BCUT2D eigenvalue weighted by molar-refractivity contribution is 6.30. The van der Waals surface area contributed by atoms with E-state index in [1.807, 2.05) is 45.0 Å². The average Bonchev–Trinajstić information content (AvgIpc) is 2.27.